The number of ether oxygens (including phenoxy) is 3. The Balaban J connectivity index is 1.63. The number of benzene rings is 2. The first-order valence-corrected chi connectivity index (χ1v) is 15.2. The summed E-state index contributed by atoms with van der Waals surface area (Å²) in [5.41, 5.74) is -1.05. The van der Waals surface area contributed by atoms with E-state index in [1.807, 2.05) is 44.2 Å². The smallest absolute Gasteiger partial charge is 0.312 e. The van der Waals surface area contributed by atoms with Crippen LogP contribution in [0.5, 0.6) is 5.75 Å². The SMILES string of the molecule is C=CCCCOC(=O)[C@H]1[C@H]2C(=O)N([C@H](CO)c3ccccc3)C(C(=O)N(CC=C)c3ccc(OC)cc3)C23CC(C)[C@]1(C)O3. The molecule has 234 valence electrons. The lowest BCUT2D eigenvalue weighted by Crippen LogP contribution is -2.57. The molecule has 3 heterocycles. The van der Waals surface area contributed by atoms with Crippen LogP contribution in [0.3, 0.4) is 0 Å². The minimum absolute atomic E-state index is 0.148. The van der Waals surface area contributed by atoms with Crippen molar-refractivity contribution < 1.29 is 33.7 Å². The molecule has 0 saturated carbocycles. The van der Waals surface area contributed by atoms with Crippen molar-refractivity contribution in [1.82, 2.24) is 4.90 Å². The monoisotopic (exact) mass is 602 g/mol. The van der Waals surface area contributed by atoms with Crippen LogP contribution in [0.4, 0.5) is 5.69 Å². The number of fused-ring (bicyclic) bond motifs is 1. The van der Waals surface area contributed by atoms with Gasteiger partial charge in [-0.2, -0.15) is 0 Å². The van der Waals surface area contributed by atoms with E-state index in [4.69, 9.17) is 14.2 Å². The lowest BCUT2D eigenvalue weighted by atomic mass is 9.62. The molecule has 1 N–H and O–H groups in total. The molecule has 2 amide bonds. The van der Waals surface area contributed by atoms with Gasteiger partial charge in [0.25, 0.3) is 5.91 Å². The highest BCUT2D eigenvalue weighted by Gasteiger charge is 2.81. The molecule has 9 nitrogen and oxygen atoms in total. The lowest BCUT2D eigenvalue weighted by Gasteiger charge is -2.39. The van der Waals surface area contributed by atoms with Gasteiger partial charge in [-0.1, -0.05) is 49.4 Å². The Morgan fingerprint density at radius 2 is 1.86 bits per heavy atom. The van der Waals surface area contributed by atoms with Crippen molar-refractivity contribution in [2.45, 2.75) is 56.4 Å². The molecule has 44 heavy (non-hydrogen) atoms. The van der Waals surface area contributed by atoms with Crippen LogP contribution in [0, 0.1) is 17.8 Å². The third-order valence-corrected chi connectivity index (χ3v) is 9.69. The van der Waals surface area contributed by atoms with E-state index in [1.54, 1.807) is 48.4 Å². The van der Waals surface area contributed by atoms with Gasteiger partial charge >= 0.3 is 5.97 Å². The first-order valence-electron chi connectivity index (χ1n) is 15.2. The molecule has 5 rings (SSSR count). The van der Waals surface area contributed by atoms with Crippen LogP contribution in [-0.4, -0.2) is 71.9 Å². The Bertz CT molecular complexity index is 1400. The number of hydrogen-bond acceptors (Lipinski definition) is 7. The van der Waals surface area contributed by atoms with Gasteiger partial charge < -0.3 is 29.1 Å². The van der Waals surface area contributed by atoms with Gasteiger partial charge in [-0.05, 0) is 61.9 Å². The fraction of sp³-hybridized carbons (Fsp3) is 0.457. The summed E-state index contributed by atoms with van der Waals surface area (Å²) >= 11 is 0. The second-order valence-electron chi connectivity index (χ2n) is 12.1. The van der Waals surface area contributed by atoms with Gasteiger partial charge in [0.15, 0.2) is 0 Å². The first-order chi connectivity index (χ1) is 21.2. The Hall–Kier alpha value is -3.95. The van der Waals surface area contributed by atoms with Crippen molar-refractivity contribution in [1.29, 1.82) is 0 Å². The van der Waals surface area contributed by atoms with Crippen LogP contribution in [0.15, 0.2) is 79.9 Å². The van der Waals surface area contributed by atoms with Crippen LogP contribution in [-0.2, 0) is 23.9 Å². The lowest BCUT2D eigenvalue weighted by molar-refractivity contribution is -0.162. The molecule has 3 aliphatic heterocycles. The molecule has 2 bridgehead atoms. The molecule has 3 saturated heterocycles. The third-order valence-electron chi connectivity index (χ3n) is 9.69. The van der Waals surface area contributed by atoms with Crippen molar-refractivity contribution in [3.05, 3.63) is 85.5 Å². The van der Waals surface area contributed by atoms with Crippen LogP contribution in [0.25, 0.3) is 0 Å². The Kier molecular flexibility index (Phi) is 9.00. The van der Waals surface area contributed by atoms with E-state index in [2.05, 4.69) is 13.2 Å². The number of hydrogen-bond donors (Lipinski definition) is 1. The quantitative estimate of drug-likeness (QED) is 0.205. The molecule has 1 spiro atoms. The molecule has 0 aliphatic carbocycles. The third kappa shape index (κ3) is 5.02. The van der Waals surface area contributed by atoms with E-state index in [9.17, 15) is 19.5 Å². The number of aliphatic hydroxyl groups is 1. The van der Waals surface area contributed by atoms with Gasteiger partial charge in [-0.3, -0.25) is 14.4 Å². The highest BCUT2D eigenvalue weighted by atomic mass is 16.6. The highest BCUT2D eigenvalue weighted by Crippen LogP contribution is 2.66. The molecule has 2 aromatic carbocycles. The van der Waals surface area contributed by atoms with Crippen molar-refractivity contribution >= 4 is 23.5 Å². The minimum atomic E-state index is -1.30. The Morgan fingerprint density at radius 3 is 2.48 bits per heavy atom. The van der Waals surface area contributed by atoms with Gasteiger partial charge in [-0.15, -0.1) is 13.2 Å². The van der Waals surface area contributed by atoms with Crippen LogP contribution in [0.2, 0.25) is 0 Å². The number of methoxy groups -OCH3 is 1. The fourth-order valence-corrected chi connectivity index (χ4v) is 7.53. The summed E-state index contributed by atoms with van der Waals surface area (Å²) in [7, 11) is 1.57. The average molecular weight is 603 g/mol. The zero-order valence-corrected chi connectivity index (χ0v) is 25.7. The maximum atomic E-state index is 14.9. The van der Waals surface area contributed by atoms with Gasteiger partial charge in [0.05, 0.1) is 37.9 Å². The van der Waals surface area contributed by atoms with E-state index < -0.39 is 53.6 Å². The summed E-state index contributed by atoms with van der Waals surface area (Å²) in [6.45, 7) is 11.4. The number of aliphatic hydroxyl groups excluding tert-OH is 1. The van der Waals surface area contributed by atoms with Crippen LogP contribution >= 0.6 is 0 Å². The second-order valence-corrected chi connectivity index (χ2v) is 12.1. The summed E-state index contributed by atoms with van der Waals surface area (Å²) in [5.74, 6) is -2.66. The van der Waals surface area contributed by atoms with E-state index >= 15 is 0 Å². The van der Waals surface area contributed by atoms with Crippen molar-refractivity contribution in [2.24, 2.45) is 17.8 Å². The molecule has 0 radical (unpaired) electrons. The number of carbonyl (C=O) groups is 3. The molecule has 0 aromatic heterocycles. The van der Waals surface area contributed by atoms with E-state index in [0.29, 0.717) is 36.3 Å². The van der Waals surface area contributed by atoms with Crippen LogP contribution < -0.4 is 9.64 Å². The fourth-order valence-electron chi connectivity index (χ4n) is 7.53. The molecule has 2 aromatic rings. The second kappa shape index (κ2) is 12.6. The molecule has 3 fully saturated rings. The summed E-state index contributed by atoms with van der Waals surface area (Å²) in [6.07, 6.45) is 5.09. The van der Waals surface area contributed by atoms with Crippen LogP contribution in [0.1, 0.15) is 44.7 Å². The minimum Gasteiger partial charge on any atom is -0.497 e. The van der Waals surface area contributed by atoms with E-state index in [-0.39, 0.29) is 25.0 Å². The average Bonchev–Trinajstić information content (AvgIpc) is 3.55. The normalized spacial score (nSPS) is 29.2. The largest absolute Gasteiger partial charge is 0.497 e. The molecule has 3 aliphatic rings. The molecular weight excluding hydrogens is 560 g/mol. The predicted octanol–water partition coefficient (Wildman–Crippen LogP) is 4.47. The van der Waals surface area contributed by atoms with Gasteiger partial charge in [0.1, 0.15) is 23.3 Å². The predicted molar refractivity (Wildman–Crippen MR) is 166 cm³/mol. The van der Waals surface area contributed by atoms with Crippen molar-refractivity contribution in [2.75, 3.05) is 31.8 Å². The van der Waals surface area contributed by atoms with Crippen molar-refractivity contribution in [3.63, 3.8) is 0 Å². The number of rotatable bonds is 13. The number of unbranched alkanes of at least 4 members (excludes halogenated alkanes) is 1. The molecule has 9 heteroatoms. The zero-order chi connectivity index (χ0) is 31.6. The standard InChI is InChI=1S/C35H42N2O7/c1-6-8-12-20-43-33(41)29-28-31(39)37(27(22-38)24-13-10-9-11-14-24)30(35(28)21-23(3)34(29,4)44-35)32(40)36(19-7-2)25-15-17-26(42-5)18-16-25/h6-7,9-11,13-18,23,27-30,38H,1-2,8,12,19-22H2,3-5H3/t23?,27-,28+,29-,30?,34+,35?/m1/s1. The Morgan fingerprint density at radius 1 is 1.16 bits per heavy atom. The zero-order valence-electron chi connectivity index (χ0n) is 25.7. The van der Waals surface area contributed by atoms with E-state index in [1.165, 1.54) is 4.90 Å². The molecular formula is C35H42N2O7. The number of anilines is 1. The topological polar surface area (TPSA) is 106 Å². The molecule has 3 unspecified atom stereocenters. The number of allylic oxidation sites excluding steroid dienone is 1. The van der Waals surface area contributed by atoms with Crippen molar-refractivity contribution in [3.8, 4) is 5.75 Å². The maximum absolute atomic E-state index is 14.9. The summed E-state index contributed by atoms with van der Waals surface area (Å²) in [5, 5.41) is 10.8. The number of nitrogens with zero attached hydrogens (tertiary/aromatic N) is 2. The number of amides is 2. The highest BCUT2D eigenvalue weighted by molar-refractivity contribution is 6.05. The number of carbonyl (C=O) groups excluding carboxylic acids is 3. The maximum Gasteiger partial charge on any atom is 0.312 e. The first kappa shape index (κ1) is 31.5. The van der Waals surface area contributed by atoms with E-state index in [0.717, 1.165) is 0 Å². The summed E-state index contributed by atoms with van der Waals surface area (Å²) in [4.78, 5) is 46.4. The van der Waals surface area contributed by atoms with Gasteiger partial charge in [-0.25, -0.2) is 0 Å². The number of esters is 1. The summed E-state index contributed by atoms with van der Waals surface area (Å²) in [6, 6.07) is 14.2. The molecule has 7 atom stereocenters. The van der Waals surface area contributed by atoms with Gasteiger partial charge in [0, 0.05) is 12.2 Å². The Labute approximate surface area is 259 Å². The number of likely N-dealkylation sites (tertiary alicyclic amines) is 1. The van der Waals surface area contributed by atoms with Gasteiger partial charge in [0.2, 0.25) is 5.91 Å². The summed E-state index contributed by atoms with van der Waals surface area (Å²) < 4.78 is 17.9.